The Labute approximate surface area is 75.0 Å². The number of aliphatic hydroxyl groups is 5. The van der Waals surface area contributed by atoms with E-state index in [4.69, 9.17) is 15.3 Å². The van der Waals surface area contributed by atoms with E-state index >= 15 is 0 Å². The van der Waals surface area contributed by atoms with Crippen LogP contribution in [0.1, 0.15) is 6.92 Å². The van der Waals surface area contributed by atoms with Gasteiger partial charge in [0.05, 0.1) is 6.10 Å². The van der Waals surface area contributed by atoms with Gasteiger partial charge < -0.3 is 30.3 Å². The molecule has 1 rings (SSSR count). The second kappa shape index (κ2) is 3.87. The maximum atomic E-state index is 9.29. The minimum atomic E-state index is -1.59. The molecule has 1 aliphatic rings. The minimum Gasteiger partial charge on any atom is -0.391 e. The lowest BCUT2D eigenvalue weighted by Crippen LogP contribution is -2.60. The van der Waals surface area contributed by atoms with Crippen LogP contribution in [0.15, 0.2) is 0 Å². The van der Waals surface area contributed by atoms with Crippen molar-refractivity contribution in [3.05, 3.63) is 0 Å². The molecule has 0 aromatic carbocycles. The Bertz CT molecular complexity index is 172. The summed E-state index contributed by atoms with van der Waals surface area (Å²) in [6, 6.07) is 0. The third-order valence-corrected chi connectivity index (χ3v) is 2.10. The second-order valence-corrected chi connectivity index (χ2v) is 3.20. The summed E-state index contributed by atoms with van der Waals surface area (Å²) in [5.74, 6) is 0. The highest BCUT2D eigenvalue weighted by Crippen LogP contribution is 2.21. The Kier molecular flexibility index (Phi) is 3.23. The number of hydrogen-bond acceptors (Lipinski definition) is 6. The van der Waals surface area contributed by atoms with Crippen LogP contribution in [0.2, 0.25) is 0 Å². The molecule has 13 heavy (non-hydrogen) atoms. The first-order chi connectivity index (χ1) is 5.95. The van der Waals surface area contributed by atoms with Crippen molar-refractivity contribution < 1.29 is 30.3 Å². The van der Waals surface area contributed by atoms with Gasteiger partial charge in [0.25, 0.3) is 0 Å². The Balaban J connectivity index is 2.70. The Morgan fingerprint density at radius 2 is 1.54 bits per heavy atom. The van der Waals surface area contributed by atoms with E-state index in [1.807, 2.05) is 0 Å². The first-order valence-electron chi connectivity index (χ1n) is 4.01. The van der Waals surface area contributed by atoms with Crippen LogP contribution in [0.3, 0.4) is 0 Å². The highest BCUT2D eigenvalue weighted by molar-refractivity contribution is 4.90. The molecular formula is C7H14O6. The van der Waals surface area contributed by atoms with Crippen LogP contribution in [-0.2, 0) is 4.74 Å². The highest BCUT2D eigenvalue weighted by Gasteiger charge is 2.44. The molecule has 1 fully saturated rings. The molecule has 0 saturated carbocycles. The fourth-order valence-electron chi connectivity index (χ4n) is 1.29. The zero-order valence-corrected chi connectivity index (χ0v) is 7.11. The summed E-state index contributed by atoms with van der Waals surface area (Å²) < 4.78 is 4.69. The lowest BCUT2D eigenvalue weighted by molar-refractivity contribution is -0.295. The van der Waals surface area contributed by atoms with Gasteiger partial charge in [-0.3, -0.25) is 0 Å². The lowest BCUT2D eigenvalue weighted by Gasteiger charge is -2.39. The molecular weight excluding hydrogens is 180 g/mol. The largest absolute Gasteiger partial charge is 0.391 e. The summed E-state index contributed by atoms with van der Waals surface area (Å²) >= 11 is 0. The molecule has 0 bridgehead atoms. The first-order valence-corrected chi connectivity index (χ1v) is 4.01. The molecule has 0 spiro atoms. The van der Waals surface area contributed by atoms with Crippen molar-refractivity contribution in [1.29, 1.82) is 0 Å². The van der Waals surface area contributed by atoms with Crippen LogP contribution >= 0.6 is 0 Å². The molecule has 78 valence electrons. The molecule has 6 atom stereocenters. The van der Waals surface area contributed by atoms with Crippen molar-refractivity contribution in [3.63, 3.8) is 0 Å². The standard InChI is InChI=1S/C7H14O6/c1-2(8)6-4(10)3(9)5(11)7(12)13-6/h2-12H,1H3/t2?,3-,4+,5?,6?,7-/m0/s1. The van der Waals surface area contributed by atoms with Gasteiger partial charge in [0, 0.05) is 0 Å². The van der Waals surface area contributed by atoms with Gasteiger partial charge in [0.2, 0.25) is 0 Å². The van der Waals surface area contributed by atoms with E-state index in [9.17, 15) is 10.2 Å². The van der Waals surface area contributed by atoms with Crippen molar-refractivity contribution in [2.24, 2.45) is 0 Å². The molecule has 3 unspecified atom stereocenters. The summed E-state index contributed by atoms with van der Waals surface area (Å²) in [6.45, 7) is 1.35. The van der Waals surface area contributed by atoms with Gasteiger partial charge >= 0.3 is 0 Å². The predicted octanol–water partition coefficient (Wildman–Crippen LogP) is -2.83. The van der Waals surface area contributed by atoms with E-state index in [1.54, 1.807) is 0 Å². The third-order valence-electron chi connectivity index (χ3n) is 2.10. The molecule has 6 heteroatoms. The van der Waals surface area contributed by atoms with E-state index in [-0.39, 0.29) is 0 Å². The van der Waals surface area contributed by atoms with Gasteiger partial charge in [-0.25, -0.2) is 0 Å². The third kappa shape index (κ3) is 1.98. The fourth-order valence-corrected chi connectivity index (χ4v) is 1.29. The zero-order chi connectivity index (χ0) is 10.2. The van der Waals surface area contributed by atoms with Crippen molar-refractivity contribution in [1.82, 2.24) is 0 Å². The predicted molar refractivity (Wildman–Crippen MR) is 40.6 cm³/mol. The van der Waals surface area contributed by atoms with Crippen LogP contribution < -0.4 is 0 Å². The number of ether oxygens (including phenoxy) is 1. The normalized spacial score (nSPS) is 48.9. The quantitative estimate of drug-likeness (QED) is 0.308. The van der Waals surface area contributed by atoms with Crippen LogP contribution in [0.4, 0.5) is 0 Å². The minimum absolute atomic E-state index is 1.04. The second-order valence-electron chi connectivity index (χ2n) is 3.20. The fraction of sp³-hybridized carbons (Fsp3) is 1.00. The molecule has 0 radical (unpaired) electrons. The molecule has 1 aliphatic heterocycles. The van der Waals surface area contributed by atoms with Gasteiger partial charge in [-0.2, -0.15) is 0 Å². The molecule has 0 aromatic rings. The van der Waals surface area contributed by atoms with Gasteiger partial charge in [-0.1, -0.05) is 0 Å². The summed E-state index contributed by atoms with van der Waals surface area (Å²) in [4.78, 5) is 0. The number of aliphatic hydroxyl groups excluding tert-OH is 5. The van der Waals surface area contributed by atoms with Crippen molar-refractivity contribution in [2.75, 3.05) is 0 Å². The van der Waals surface area contributed by atoms with Crippen molar-refractivity contribution >= 4 is 0 Å². The molecule has 1 saturated heterocycles. The van der Waals surface area contributed by atoms with Gasteiger partial charge in [-0.05, 0) is 6.92 Å². The Morgan fingerprint density at radius 3 is 2.00 bits per heavy atom. The van der Waals surface area contributed by atoms with E-state index in [0.29, 0.717) is 0 Å². The van der Waals surface area contributed by atoms with Gasteiger partial charge in [0.15, 0.2) is 6.29 Å². The molecule has 1 heterocycles. The monoisotopic (exact) mass is 194 g/mol. The molecule has 0 aliphatic carbocycles. The van der Waals surface area contributed by atoms with E-state index in [2.05, 4.69) is 4.74 Å². The van der Waals surface area contributed by atoms with E-state index in [0.717, 1.165) is 0 Å². The maximum Gasteiger partial charge on any atom is 0.184 e. The SMILES string of the molecule is CC(O)C1O[C@H](O)C(O)[C@@H](O)[C@H]1O. The van der Waals surface area contributed by atoms with Crippen LogP contribution in [0, 0.1) is 0 Å². The highest BCUT2D eigenvalue weighted by atomic mass is 16.6. The summed E-state index contributed by atoms with van der Waals surface area (Å²) in [5, 5.41) is 45.6. The van der Waals surface area contributed by atoms with Crippen LogP contribution in [0.25, 0.3) is 0 Å². The van der Waals surface area contributed by atoms with Crippen LogP contribution in [-0.4, -0.2) is 62.3 Å². The Morgan fingerprint density at radius 1 is 1.00 bits per heavy atom. The first kappa shape index (κ1) is 10.8. The van der Waals surface area contributed by atoms with E-state index < -0.39 is 36.8 Å². The maximum absolute atomic E-state index is 9.29. The zero-order valence-electron chi connectivity index (χ0n) is 7.11. The summed E-state index contributed by atoms with van der Waals surface area (Å²) in [6.07, 6.45) is -8.18. The van der Waals surface area contributed by atoms with Crippen molar-refractivity contribution in [3.8, 4) is 0 Å². The molecule has 6 nitrogen and oxygen atoms in total. The lowest BCUT2D eigenvalue weighted by atomic mass is 9.96. The smallest absolute Gasteiger partial charge is 0.184 e. The average Bonchev–Trinajstić information content (AvgIpc) is 2.07. The van der Waals surface area contributed by atoms with Gasteiger partial charge in [0.1, 0.15) is 24.4 Å². The summed E-state index contributed by atoms with van der Waals surface area (Å²) in [5.41, 5.74) is 0. The number of rotatable bonds is 1. The topological polar surface area (TPSA) is 110 Å². The average molecular weight is 194 g/mol. The van der Waals surface area contributed by atoms with E-state index in [1.165, 1.54) is 6.92 Å². The van der Waals surface area contributed by atoms with Crippen molar-refractivity contribution in [2.45, 2.75) is 43.7 Å². The molecule has 0 aromatic heterocycles. The summed E-state index contributed by atoms with van der Waals surface area (Å²) in [7, 11) is 0. The Hall–Kier alpha value is -0.240. The molecule has 0 amide bonds. The number of hydrogen-bond donors (Lipinski definition) is 5. The molecule has 5 N–H and O–H groups in total. The van der Waals surface area contributed by atoms with Gasteiger partial charge in [-0.15, -0.1) is 0 Å². The van der Waals surface area contributed by atoms with Crippen LogP contribution in [0.5, 0.6) is 0 Å².